The third-order valence-electron chi connectivity index (χ3n) is 11.5. The summed E-state index contributed by atoms with van der Waals surface area (Å²) >= 11 is 0. The summed E-state index contributed by atoms with van der Waals surface area (Å²) in [5.74, 6) is 0. The van der Waals surface area contributed by atoms with Gasteiger partial charge in [-0.15, -0.1) is 0 Å². The maximum absolute atomic E-state index is 6.33. The first-order valence-corrected chi connectivity index (χ1v) is 23.8. The first-order valence-electron chi connectivity index (χ1n) is 23.8. The summed E-state index contributed by atoms with van der Waals surface area (Å²) in [4.78, 5) is 8.00. The second-order valence-corrected chi connectivity index (χ2v) is 16.4. The highest BCUT2D eigenvalue weighted by Gasteiger charge is 2.25. The first-order chi connectivity index (χ1) is 26.8. The van der Waals surface area contributed by atoms with E-state index in [1.54, 1.807) is 0 Å². The Bertz CT molecular complexity index is 835. The summed E-state index contributed by atoms with van der Waals surface area (Å²) in [5, 5.41) is 0. The van der Waals surface area contributed by atoms with E-state index in [0.717, 1.165) is 52.4 Å². The summed E-state index contributed by atoms with van der Waals surface area (Å²) in [6, 6.07) is 0.389. The monoisotopic (exact) mass is 754 g/mol. The topological polar surface area (TPSA) is 28.2 Å². The maximum Gasteiger partial charge on any atom is 0.0644 e. The van der Waals surface area contributed by atoms with Crippen LogP contribution in [0.15, 0.2) is 48.6 Å². The Balaban J connectivity index is 1.52. The minimum absolute atomic E-state index is 0.389. The molecule has 0 unspecified atom stereocenters. The molecule has 2 rings (SSSR count). The Labute approximate surface area is 337 Å². The lowest BCUT2D eigenvalue weighted by Gasteiger charge is -2.39. The van der Waals surface area contributed by atoms with Crippen LogP contribution in [0.25, 0.3) is 0 Å². The molecule has 2 aliphatic rings. The van der Waals surface area contributed by atoms with E-state index in [9.17, 15) is 0 Å². The first kappa shape index (κ1) is 48.9. The summed E-state index contributed by atoms with van der Waals surface area (Å²) in [5.41, 5.74) is 0. The SMILES string of the molecule is CCCCCC=CCC=CCCCCCCCCOCC(COCCCCCCCCC=CCC=CCCCCC)N1CCN(CCN2CCCC2)CC1. The number of hydrogen-bond acceptors (Lipinski definition) is 5. The van der Waals surface area contributed by atoms with Crippen molar-refractivity contribution in [2.45, 2.75) is 187 Å². The second kappa shape index (κ2) is 38.6. The molecule has 0 bridgehead atoms. The van der Waals surface area contributed by atoms with E-state index in [1.807, 2.05) is 0 Å². The lowest BCUT2D eigenvalue weighted by molar-refractivity contribution is -0.0145. The van der Waals surface area contributed by atoms with Gasteiger partial charge in [-0.05, 0) is 103 Å². The minimum atomic E-state index is 0.389. The number of allylic oxidation sites excluding steroid dienone is 8. The van der Waals surface area contributed by atoms with Crippen LogP contribution in [0.2, 0.25) is 0 Å². The lowest BCUT2D eigenvalue weighted by atomic mass is 10.1. The van der Waals surface area contributed by atoms with Crippen molar-refractivity contribution in [1.82, 2.24) is 14.7 Å². The van der Waals surface area contributed by atoms with E-state index in [2.05, 4.69) is 77.2 Å². The molecule has 5 nitrogen and oxygen atoms in total. The van der Waals surface area contributed by atoms with E-state index in [1.165, 1.54) is 193 Å². The molecule has 0 saturated carbocycles. The zero-order valence-corrected chi connectivity index (χ0v) is 36.2. The zero-order chi connectivity index (χ0) is 38.3. The number of nitrogens with zero attached hydrogens (tertiary/aromatic N) is 3. The van der Waals surface area contributed by atoms with Crippen LogP contribution in [0.4, 0.5) is 0 Å². The number of likely N-dealkylation sites (tertiary alicyclic amines) is 1. The van der Waals surface area contributed by atoms with Crippen molar-refractivity contribution in [3.63, 3.8) is 0 Å². The minimum Gasteiger partial charge on any atom is -0.380 e. The molecule has 0 spiro atoms. The Morgan fingerprint density at radius 1 is 0.407 bits per heavy atom. The molecule has 0 N–H and O–H groups in total. The van der Waals surface area contributed by atoms with E-state index in [0.29, 0.717) is 6.04 Å². The van der Waals surface area contributed by atoms with Gasteiger partial charge >= 0.3 is 0 Å². The second-order valence-electron chi connectivity index (χ2n) is 16.4. The largest absolute Gasteiger partial charge is 0.380 e. The molecule has 2 aliphatic heterocycles. The van der Waals surface area contributed by atoms with Crippen LogP contribution in [0.5, 0.6) is 0 Å². The Hall–Kier alpha value is -1.24. The van der Waals surface area contributed by atoms with E-state index in [4.69, 9.17) is 9.47 Å². The third-order valence-corrected chi connectivity index (χ3v) is 11.5. The summed E-state index contributed by atoms with van der Waals surface area (Å²) in [7, 11) is 0. The molecule has 2 heterocycles. The quantitative estimate of drug-likeness (QED) is 0.0462. The van der Waals surface area contributed by atoms with Gasteiger partial charge in [-0.1, -0.05) is 140 Å². The molecule has 0 aromatic heterocycles. The van der Waals surface area contributed by atoms with Crippen LogP contribution >= 0.6 is 0 Å². The number of piperazine rings is 1. The van der Waals surface area contributed by atoms with Crippen molar-refractivity contribution in [2.75, 3.05) is 78.8 Å². The molecule has 2 fully saturated rings. The fourth-order valence-corrected chi connectivity index (χ4v) is 7.72. The molecule has 0 atom stereocenters. The molecule has 0 radical (unpaired) electrons. The van der Waals surface area contributed by atoms with Crippen molar-refractivity contribution < 1.29 is 9.47 Å². The van der Waals surface area contributed by atoms with Crippen LogP contribution in [0.1, 0.15) is 181 Å². The van der Waals surface area contributed by atoms with E-state index < -0.39 is 0 Å². The number of unbranched alkanes of at least 4 members (excludes halogenated alkanes) is 18. The fourth-order valence-electron chi connectivity index (χ4n) is 7.72. The lowest BCUT2D eigenvalue weighted by Crippen LogP contribution is -2.54. The molecule has 5 heteroatoms. The van der Waals surface area contributed by atoms with Crippen molar-refractivity contribution in [1.29, 1.82) is 0 Å². The van der Waals surface area contributed by atoms with Crippen molar-refractivity contribution in [2.24, 2.45) is 0 Å². The predicted molar refractivity (Wildman–Crippen MR) is 238 cm³/mol. The molecule has 2 saturated heterocycles. The van der Waals surface area contributed by atoms with Crippen LogP contribution < -0.4 is 0 Å². The number of rotatable bonds is 38. The van der Waals surface area contributed by atoms with Gasteiger partial charge in [-0.3, -0.25) is 9.80 Å². The van der Waals surface area contributed by atoms with Gasteiger partial charge in [0.15, 0.2) is 0 Å². The highest BCUT2D eigenvalue weighted by molar-refractivity contribution is 4.93. The Morgan fingerprint density at radius 3 is 1.20 bits per heavy atom. The Kier molecular flexibility index (Phi) is 35.0. The summed E-state index contributed by atoms with van der Waals surface area (Å²) in [6.45, 7) is 17.7. The smallest absolute Gasteiger partial charge is 0.0644 e. The van der Waals surface area contributed by atoms with Gasteiger partial charge in [-0.2, -0.15) is 0 Å². The van der Waals surface area contributed by atoms with Crippen LogP contribution in [-0.2, 0) is 9.47 Å². The van der Waals surface area contributed by atoms with Gasteiger partial charge in [0.05, 0.1) is 19.3 Å². The van der Waals surface area contributed by atoms with E-state index in [-0.39, 0.29) is 0 Å². The summed E-state index contributed by atoms with van der Waals surface area (Å²) < 4.78 is 12.7. The Morgan fingerprint density at radius 2 is 0.778 bits per heavy atom. The maximum atomic E-state index is 6.33. The molecule has 0 aromatic rings. The van der Waals surface area contributed by atoms with Gasteiger partial charge in [0, 0.05) is 52.5 Å². The molecule has 0 aliphatic carbocycles. The average Bonchev–Trinajstić information content (AvgIpc) is 3.72. The van der Waals surface area contributed by atoms with E-state index >= 15 is 0 Å². The van der Waals surface area contributed by atoms with Crippen LogP contribution in [0.3, 0.4) is 0 Å². The normalized spacial score (nSPS) is 17.1. The molecular weight excluding hydrogens is 663 g/mol. The van der Waals surface area contributed by atoms with Crippen LogP contribution in [-0.4, -0.2) is 99.5 Å². The highest BCUT2D eigenvalue weighted by atomic mass is 16.5. The van der Waals surface area contributed by atoms with Crippen LogP contribution in [0, 0.1) is 0 Å². The van der Waals surface area contributed by atoms with Gasteiger partial charge in [-0.25, -0.2) is 0 Å². The van der Waals surface area contributed by atoms with Crippen molar-refractivity contribution >= 4 is 0 Å². The summed E-state index contributed by atoms with van der Waals surface area (Å²) in [6.07, 6.45) is 52.6. The number of hydrogen-bond donors (Lipinski definition) is 0. The fraction of sp³-hybridized carbons (Fsp3) is 0.837. The van der Waals surface area contributed by atoms with Crippen molar-refractivity contribution in [3.05, 3.63) is 48.6 Å². The molecule has 314 valence electrons. The highest BCUT2D eigenvalue weighted by Crippen LogP contribution is 2.13. The van der Waals surface area contributed by atoms with Gasteiger partial charge in [0.2, 0.25) is 0 Å². The van der Waals surface area contributed by atoms with Crippen molar-refractivity contribution in [3.8, 4) is 0 Å². The third kappa shape index (κ3) is 30.0. The molecule has 54 heavy (non-hydrogen) atoms. The van der Waals surface area contributed by atoms with Gasteiger partial charge in [0.25, 0.3) is 0 Å². The average molecular weight is 754 g/mol. The zero-order valence-electron chi connectivity index (χ0n) is 36.2. The number of ether oxygens (including phenoxy) is 2. The van der Waals surface area contributed by atoms with Gasteiger partial charge < -0.3 is 14.4 Å². The molecule has 0 amide bonds. The van der Waals surface area contributed by atoms with Gasteiger partial charge in [0.1, 0.15) is 0 Å². The molecular formula is C49H91N3O2. The molecule has 0 aromatic carbocycles. The predicted octanol–water partition coefficient (Wildman–Crippen LogP) is 12.7. The standard InChI is InChI=1S/C49H91N3O2/c1-3-5-7-9-11-13-15-17-19-21-23-25-27-29-31-35-45-53-47-49(52-43-41-51(42-44-52)40-39-50-37-33-34-38-50)48-54-46-36-32-30-28-26-24-22-20-18-16-14-12-10-8-6-4-2/h11-14,17-20,49H,3-10,15-16,21-48H2,1-2H3.